The summed E-state index contributed by atoms with van der Waals surface area (Å²) in [6.45, 7) is 0.649. The van der Waals surface area contributed by atoms with Crippen LogP contribution in [-0.4, -0.2) is 53.4 Å². The van der Waals surface area contributed by atoms with Crippen LogP contribution in [0.25, 0.3) is 0 Å². The fourth-order valence-electron chi connectivity index (χ4n) is 3.47. The van der Waals surface area contributed by atoms with Crippen LogP contribution in [0.15, 0.2) is 12.3 Å². The molecule has 7 nitrogen and oxygen atoms in total. The number of ether oxygens (including phenoxy) is 1. The van der Waals surface area contributed by atoms with E-state index in [2.05, 4.69) is 15.3 Å². The predicted molar refractivity (Wildman–Crippen MR) is 86.7 cm³/mol. The lowest BCUT2D eigenvalue weighted by Gasteiger charge is -2.50. The molecule has 2 aliphatic rings. The number of aliphatic carboxylic acids is 1. The molecule has 1 aliphatic carbocycles. The third-order valence-electron chi connectivity index (χ3n) is 4.75. The van der Waals surface area contributed by atoms with Gasteiger partial charge in [0.2, 0.25) is 5.95 Å². The molecule has 1 saturated carbocycles. The number of hydrogen-bond donors (Lipinski definition) is 2. The molecule has 1 aromatic heterocycles. The van der Waals surface area contributed by atoms with Crippen LogP contribution in [0.5, 0.6) is 0 Å². The molecule has 7 heteroatoms. The van der Waals surface area contributed by atoms with E-state index in [4.69, 9.17) is 9.84 Å². The summed E-state index contributed by atoms with van der Waals surface area (Å²) in [7, 11) is 3.88. The smallest absolute Gasteiger partial charge is 0.306 e. The minimum atomic E-state index is -0.701. The number of nitrogens with one attached hydrogen (secondary N) is 1. The van der Waals surface area contributed by atoms with Gasteiger partial charge in [-0.15, -0.1) is 0 Å². The van der Waals surface area contributed by atoms with Gasteiger partial charge in [0, 0.05) is 26.8 Å². The van der Waals surface area contributed by atoms with Crippen LogP contribution < -0.4 is 10.2 Å². The number of carbonyl (C=O) groups is 1. The first-order valence-electron chi connectivity index (χ1n) is 8.12. The molecule has 1 aliphatic heterocycles. The topological polar surface area (TPSA) is 87.6 Å². The third-order valence-corrected chi connectivity index (χ3v) is 4.75. The molecule has 1 aromatic rings. The number of anilines is 2. The van der Waals surface area contributed by atoms with Crippen molar-refractivity contribution < 1.29 is 14.6 Å². The van der Waals surface area contributed by atoms with Crippen LogP contribution >= 0.6 is 0 Å². The first-order valence-corrected chi connectivity index (χ1v) is 8.12. The summed E-state index contributed by atoms with van der Waals surface area (Å²) in [6.07, 6.45) is 6.15. The Morgan fingerprint density at radius 2 is 2.30 bits per heavy atom. The Hall–Kier alpha value is -1.89. The minimum absolute atomic E-state index is 0.0881. The van der Waals surface area contributed by atoms with Crippen LogP contribution in [0.4, 0.5) is 11.8 Å². The van der Waals surface area contributed by atoms with Crippen molar-refractivity contribution in [3.05, 3.63) is 12.3 Å². The van der Waals surface area contributed by atoms with Crippen molar-refractivity contribution in [1.29, 1.82) is 0 Å². The monoisotopic (exact) mass is 320 g/mol. The van der Waals surface area contributed by atoms with Crippen LogP contribution in [0.1, 0.15) is 32.1 Å². The second-order valence-electron chi connectivity index (χ2n) is 6.77. The zero-order chi connectivity index (χ0) is 16.4. The molecule has 2 N–H and O–H groups in total. The summed E-state index contributed by atoms with van der Waals surface area (Å²) in [6, 6.07) is 1.86. The number of hydrogen-bond acceptors (Lipinski definition) is 6. The molecule has 1 atom stereocenters. The number of aromatic nitrogens is 2. The maximum atomic E-state index is 11.0. The average molecular weight is 320 g/mol. The second kappa shape index (κ2) is 6.31. The van der Waals surface area contributed by atoms with Gasteiger partial charge < -0.3 is 20.1 Å². The maximum absolute atomic E-state index is 11.0. The number of carboxylic acids is 1. The Morgan fingerprint density at radius 3 is 3.00 bits per heavy atom. The van der Waals surface area contributed by atoms with Crippen LogP contribution in [-0.2, 0) is 9.53 Å². The van der Waals surface area contributed by atoms with Gasteiger partial charge in [0.15, 0.2) is 0 Å². The van der Waals surface area contributed by atoms with E-state index in [-0.39, 0.29) is 17.6 Å². The molecule has 0 aromatic carbocycles. The standard InChI is InChI=1S/C16H24N4O3/c1-20(2)13-5-7-17-15(19-13)18-10-12-4-3-6-16(23-12)8-11(9-16)14(21)22/h5,7,11-12H,3-4,6,8-10H2,1-2H3,(H,21,22)(H,17,18,19). The predicted octanol–water partition coefficient (Wildman–Crippen LogP) is 1.76. The molecule has 23 heavy (non-hydrogen) atoms. The van der Waals surface area contributed by atoms with Crippen molar-refractivity contribution in [2.75, 3.05) is 30.9 Å². The molecule has 1 spiro atoms. The molecule has 2 fully saturated rings. The normalized spacial score (nSPS) is 29.8. The fraction of sp³-hybridized carbons (Fsp3) is 0.688. The lowest BCUT2D eigenvalue weighted by Crippen LogP contribution is -2.53. The van der Waals surface area contributed by atoms with Gasteiger partial charge in [-0.3, -0.25) is 4.79 Å². The van der Waals surface area contributed by atoms with Gasteiger partial charge in [0.05, 0.1) is 17.6 Å². The van der Waals surface area contributed by atoms with E-state index < -0.39 is 5.97 Å². The number of nitrogens with zero attached hydrogens (tertiary/aromatic N) is 3. The molecule has 0 bridgehead atoms. The highest BCUT2D eigenvalue weighted by atomic mass is 16.5. The van der Waals surface area contributed by atoms with Crippen LogP contribution in [0, 0.1) is 5.92 Å². The van der Waals surface area contributed by atoms with Crippen molar-refractivity contribution >= 4 is 17.7 Å². The Kier molecular flexibility index (Phi) is 4.39. The number of carboxylic acid groups (broad SMARTS) is 1. The molecule has 2 heterocycles. The van der Waals surface area contributed by atoms with Gasteiger partial charge in [-0.2, -0.15) is 4.98 Å². The Bertz CT molecular complexity index is 572. The van der Waals surface area contributed by atoms with Crippen molar-refractivity contribution in [2.24, 2.45) is 5.92 Å². The maximum Gasteiger partial charge on any atom is 0.306 e. The van der Waals surface area contributed by atoms with E-state index in [0.717, 1.165) is 25.1 Å². The van der Waals surface area contributed by atoms with Gasteiger partial charge in [-0.1, -0.05) is 0 Å². The van der Waals surface area contributed by atoms with E-state index in [1.54, 1.807) is 6.20 Å². The van der Waals surface area contributed by atoms with E-state index in [9.17, 15) is 4.79 Å². The van der Waals surface area contributed by atoms with Gasteiger partial charge in [-0.05, 0) is 38.2 Å². The molecule has 0 radical (unpaired) electrons. The van der Waals surface area contributed by atoms with Gasteiger partial charge >= 0.3 is 5.97 Å². The first-order chi connectivity index (χ1) is 11.0. The average Bonchev–Trinajstić information content (AvgIpc) is 2.51. The van der Waals surface area contributed by atoms with E-state index >= 15 is 0 Å². The highest BCUT2D eigenvalue weighted by Gasteiger charge is 2.50. The first kappa shape index (κ1) is 16.0. The summed E-state index contributed by atoms with van der Waals surface area (Å²) < 4.78 is 6.20. The molecule has 1 saturated heterocycles. The highest BCUT2D eigenvalue weighted by molar-refractivity contribution is 5.71. The van der Waals surface area contributed by atoms with Crippen LogP contribution in [0.2, 0.25) is 0 Å². The fourth-order valence-corrected chi connectivity index (χ4v) is 3.47. The van der Waals surface area contributed by atoms with Crippen molar-refractivity contribution in [3.63, 3.8) is 0 Å². The summed E-state index contributed by atoms with van der Waals surface area (Å²) in [5.41, 5.74) is -0.208. The lowest BCUT2D eigenvalue weighted by atomic mass is 9.67. The van der Waals surface area contributed by atoms with E-state index in [1.165, 1.54) is 0 Å². The highest BCUT2D eigenvalue weighted by Crippen LogP contribution is 2.47. The van der Waals surface area contributed by atoms with Crippen molar-refractivity contribution in [1.82, 2.24) is 9.97 Å². The number of rotatable bonds is 5. The quantitative estimate of drug-likeness (QED) is 0.854. The molecule has 1 unspecified atom stereocenters. The molecular formula is C16H24N4O3. The van der Waals surface area contributed by atoms with Crippen LogP contribution in [0.3, 0.4) is 0 Å². The SMILES string of the molecule is CN(C)c1ccnc(NCC2CCCC3(CC(C(=O)O)C3)O2)n1. The zero-order valence-electron chi connectivity index (χ0n) is 13.7. The minimum Gasteiger partial charge on any atom is -0.481 e. The summed E-state index contributed by atoms with van der Waals surface area (Å²) in [4.78, 5) is 21.6. The van der Waals surface area contributed by atoms with E-state index in [1.807, 2.05) is 25.1 Å². The molecule has 3 rings (SSSR count). The summed E-state index contributed by atoms with van der Waals surface area (Å²) in [5.74, 6) is 0.512. The summed E-state index contributed by atoms with van der Waals surface area (Å²) in [5, 5.41) is 12.3. The zero-order valence-corrected chi connectivity index (χ0v) is 13.7. The Labute approximate surface area is 136 Å². The Balaban J connectivity index is 1.53. The van der Waals surface area contributed by atoms with Crippen molar-refractivity contribution in [3.8, 4) is 0 Å². The Morgan fingerprint density at radius 1 is 1.52 bits per heavy atom. The van der Waals surface area contributed by atoms with Crippen molar-refractivity contribution in [2.45, 2.75) is 43.8 Å². The van der Waals surface area contributed by atoms with Gasteiger partial charge in [-0.25, -0.2) is 4.98 Å². The molecule has 0 amide bonds. The molecule has 126 valence electrons. The third kappa shape index (κ3) is 3.55. The van der Waals surface area contributed by atoms with E-state index in [0.29, 0.717) is 25.3 Å². The van der Waals surface area contributed by atoms with Gasteiger partial charge in [0.25, 0.3) is 0 Å². The molecular weight excluding hydrogens is 296 g/mol. The lowest BCUT2D eigenvalue weighted by molar-refractivity contribution is -0.196. The largest absolute Gasteiger partial charge is 0.481 e. The second-order valence-corrected chi connectivity index (χ2v) is 6.77. The van der Waals surface area contributed by atoms with Gasteiger partial charge in [0.1, 0.15) is 5.82 Å². The summed E-state index contributed by atoms with van der Waals surface area (Å²) >= 11 is 0.